The summed E-state index contributed by atoms with van der Waals surface area (Å²) < 4.78 is 50.1. The number of carbonyl (C=O) groups is 1. The fourth-order valence-corrected chi connectivity index (χ4v) is 7.24. The van der Waals surface area contributed by atoms with Gasteiger partial charge in [-0.05, 0) is 49.4 Å². The van der Waals surface area contributed by atoms with E-state index in [9.17, 15) is 21.6 Å². The van der Waals surface area contributed by atoms with Gasteiger partial charge in [-0.25, -0.2) is 16.8 Å². The summed E-state index contributed by atoms with van der Waals surface area (Å²) in [5, 5.41) is 2.75. The number of carbonyl (C=O) groups excluding carboxylic acids is 1. The van der Waals surface area contributed by atoms with Crippen LogP contribution in [0.3, 0.4) is 0 Å². The number of sulfonamides is 1. The third kappa shape index (κ3) is 4.93. The molecule has 1 heterocycles. The van der Waals surface area contributed by atoms with E-state index in [1.807, 2.05) is 0 Å². The Balaban J connectivity index is 1.61. The molecule has 1 amide bonds. The van der Waals surface area contributed by atoms with E-state index >= 15 is 0 Å². The van der Waals surface area contributed by atoms with Crippen LogP contribution in [0.2, 0.25) is 0 Å². The predicted octanol–water partition coefficient (Wildman–Crippen LogP) is 1.80. The zero-order valence-electron chi connectivity index (χ0n) is 16.1. The van der Waals surface area contributed by atoms with Crippen molar-refractivity contribution in [2.45, 2.75) is 49.5 Å². The average Bonchev–Trinajstić information content (AvgIpc) is 3.05. The summed E-state index contributed by atoms with van der Waals surface area (Å²) in [5.41, 5.74) is 0.361. The Kier molecular flexibility index (Phi) is 6.46. The van der Waals surface area contributed by atoms with Gasteiger partial charge in [-0.1, -0.05) is 19.3 Å². The molecule has 1 saturated carbocycles. The molecule has 0 radical (unpaired) electrons. The van der Waals surface area contributed by atoms with Crippen molar-refractivity contribution in [3.05, 3.63) is 29.8 Å². The van der Waals surface area contributed by atoms with E-state index in [4.69, 9.17) is 0 Å². The highest BCUT2D eigenvalue weighted by Crippen LogP contribution is 2.26. The second-order valence-electron chi connectivity index (χ2n) is 7.82. The van der Waals surface area contributed by atoms with Crippen molar-refractivity contribution >= 4 is 25.8 Å². The molecule has 1 unspecified atom stereocenters. The van der Waals surface area contributed by atoms with E-state index in [1.165, 1.54) is 28.6 Å². The maximum atomic E-state index is 12.8. The van der Waals surface area contributed by atoms with Gasteiger partial charge in [0.2, 0.25) is 10.0 Å². The van der Waals surface area contributed by atoms with E-state index < -0.39 is 19.9 Å². The molecule has 1 saturated heterocycles. The van der Waals surface area contributed by atoms with E-state index in [2.05, 4.69) is 5.32 Å². The van der Waals surface area contributed by atoms with Gasteiger partial charge < -0.3 is 5.32 Å². The van der Waals surface area contributed by atoms with Crippen LogP contribution in [-0.2, 0) is 19.9 Å². The molecular weight excluding hydrogens is 400 g/mol. The summed E-state index contributed by atoms with van der Waals surface area (Å²) in [6.45, 7) is 0.308. The predicted molar refractivity (Wildman–Crippen MR) is 107 cm³/mol. The number of hydrogen-bond acceptors (Lipinski definition) is 5. The molecule has 156 valence electrons. The highest BCUT2D eigenvalue weighted by Gasteiger charge is 2.30. The molecule has 7 nitrogen and oxygen atoms in total. The number of amides is 1. The number of benzene rings is 1. The monoisotopic (exact) mass is 428 g/mol. The smallest absolute Gasteiger partial charge is 0.251 e. The quantitative estimate of drug-likeness (QED) is 0.745. The number of sulfone groups is 1. The SMILES string of the molecule is CN(C1CCCCC1)S(=O)(=O)c1ccc(C(=O)NCC2CCS(=O)(=O)C2)cc1. The summed E-state index contributed by atoms with van der Waals surface area (Å²) in [6.07, 6.45) is 5.58. The number of nitrogens with zero attached hydrogens (tertiary/aromatic N) is 1. The average molecular weight is 429 g/mol. The Bertz CT molecular complexity index is 904. The molecule has 9 heteroatoms. The normalized spacial score (nSPS) is 23.0. The van der Waals surface area contributed by atoms with Crippen LogP contribution in [0.1, 0.15) is 48.9 Å². The number of nitrogens with one attached hydrogen (secondary N) is 1. The van der Waals surface area contributed by atoms with E-state index in [0.29, 0.717) is 18.5 Å². The van der Waals surface area contributed by atoms with Gasteiger partial charge in [0.15, 0.2) is 9.84 Å². The molecule has 0 spiro atoms. The third-order valence-corrected chi connectivity index (χ3v) is 9.52. The van der Waals surface area contributed by atoms with Crippen molar-refractivity contribution in [1.29, 1.82) is 0 Å². The summed E-state index contributed by atoms with van der Waals surface area (Å²) >= 11 is 0. The molecule has 1 aromatic rings. The standard InChI is InChI=1S/C19H28N2O5S2/c1-21(17-5-3-2-4-6-17)28(25,26)18-9-7-16(8-10-18)19(22)20-13-15-11-12-27(23,24)14-15/h7-10,15,17H,2-6,11-14H2,1H3,(H,20,22). The van der Waals surface area contributed by atoms with Gasteiger partial charge in [0.1, 0.15) is 0 Å². The summed E-state index contributed by atoms with van der Waals surface area (Å²) in [7, 11) is -4.93. The first kappa shape index (κ1) is 21.3. The lowest BCUT2D eigenvalue weighted by molar-refractivity contribution is 0.0948. The third-order valence-electron chi connectivity index (χ3n) is 5.76. The fraction of sp³-hybridized carbons (Fsp3) is 0.632. The van der Waals surface area contributed by atoms with Crippen LogP contribution >= 0.6 is 0 Å². The Morgan fingerprint density at radius 3 is 2.32 bits per heavy atom. The second kappa shape index (κ2) is 8.51. The van der Waals surface area contributed by atoms with Crippen molar-refractivity contribution in [3.63, 3.8) is 0 Å². The lowest BCUT2D eigenvalue weighted by Gasteiger charge is -2.30. The van der Waals surface area contributed by atoms with Gasteiger partial charge in [0.05, 0.1) is 16.4 Å². The van der Waals surface area contributed by atoms with Crippen molar-refractivity contribution in [2.75, 3.05) is 25.1 Å². The summed E-state index contributed by atoms with van der Waals surface area (Å²) in [6, 6.07) is 5.96. The van der Waals surface area contributed by atoms with Crippen molar-refractivity contribution in [3.8, 4) is 0 Å². The lowest BCUT2D eigenvalue weighted by atomic mass is 9.96. The number of rotatable bonds is 6. The molecule has 1 aliphatic carbocycles. The van der Waals surface area contributed by atoms with Crippen LogP contribution in [0.25, 0.3) is 0 Å². The zero-order valence-corrected chi connectivity index (χ0v) is 17.8. The highest BCUT2D eigenvalue weighted by molar-refractivity contribution is 7.91. The maximum Gasteiger partial charge on any atom is 0.251 e. The number of hydrogen-bond donors (Lipinski definition) is 1. The molecule has 1 aromatic carbocycles. The van der Waals surface area contributed by atoms with Crippen LogP contribution in [0.15, 0.2) is 29.2 Å². The first-order chi connectivity index (χ1) is 13.2. The summed E-state index contributed by atoms with van der Waals surface area (Å²) in [4.78, 5) is 12.5. The van der Waals surface area contributed by atoms with Crippen molar-refractivity contribution in [1.82, 2.24) is 9.62 Å². The Morgan fingerprint density at radius 1 is 1.11 bits per heavy atom. The van der Waals surface area contributed by atoms with Gasteiger partial charge in [-0.3, -0.25) is 4.79 Å². The lowest BCUT2D eigenvalue weighted by Crippen LogP contribution is -2.38. The maximum absolute atomic E-state index is 12.8. The van der Waals surface area contributed by atoms with E-state index in [-0.39, 0.29) is 34.3 Å². The molecule has 1 N–H and O–H groups in total. The van der Waals surface area contributed by atoms with Gasteiger partial charge in [-0.15, -0.1) is 0 Å². The highest BCUT2D eigenvalue weighted by atomic mass is 32.2. The van der Waals surface area contributed by atoms with Crippen LogP contribution in [0.4, 0.5) is 0 Å². The minimum atomic E-state index is -3.58. The van der Waals surface area contributed by atoms with Crippen LogP contribution in [-0.4, -0.2) is 58.2 Å². The first-order valence-corrected chi connectivity index (χ1v) is 13.0. The molecule has 0 aromatic heterocycles. The molecule has 1 aliphatic heterocycles. The second-order valence-corrected chi connectivity index (χ2v) is 12.0. The molecule has 0 bridgehead atoms. The van der Waals surface area contributed by atoms with Crippen LogP contribution < -0.4 is 5.32 Å². The van der Waals surface area contributed by atoms with Crippen LogP contribution in [0.5, 0.6) is 0 Å². The van der Waals surface area contributed by atoms with Gasteiger partial charge in [0.25, 0.3) is 5.91 Å². The first-order valence-electron chi connectivity index (χ1n) is 9.76. The van der Waals surface area contributed by atoms with Crippen molar-refractivity contribution in [2.24, 2.45) is 5.92 Å². The molecule has 28 heavy (non-hydrogen) atoms. The minimum Gasteiger partial charge on any atom is -0.352 e. The van der Waals surface area contributed by atoms with Crippen molar-refractivity contribution < 1.29 is 21.6 Å². The summed E-state index contributed by atoms with van der Waals surface area (Å²) in [5.74, 6) is -0.0985. The molecule has 1 atom stereocenters. The Hall–Kier alpha value is -1.45. The van der Waals surface area contributed by atoms with E-state index in [1.54, 1.807) is 7.05 Å². The topological polar surface area (TPSA) is 101 Å². The zero-order chi connectivity index (χ0) is 20.4. The van der Waals surface area contributed by atoms with Gasteiger partial charge in [-0.2, -0.15) is 4.31 Å². The fourth-order valence-electron chi connectivity index (χ4n) is 3.96. The van der Waals surface area contributed by atoms with Gasteiger partial charge in [0, 0.05) is 25.2 Å². The Morgan fingerprint density at radius 2 is 1.75 bits per heavy atom. The minimum absolute atomic E-state index is 0.0319. The molecular formula is C19H28N2O5S2. The molecule has 3 rings (SSSR count). The largest absolute Gasteiger partial charge is 0.352 e. The Labute approximate surface area is 167 Å². The molecule has 2 aliphatic rings. The van der Waals surface area contributed by atoms with Crippen LogP contribution in [0, 0.1) is 5.92 Å². The van der Waals surface area contributed by atoms with Gasteiger partial charge >= 0.3 is 0 Å². The van der Waals surface area contributed by atoms with E-state index in [0.717, 1.165) is 32.1 Å². The molecule has 2 fully saturated rings.